The summed E-state index contributed by atoms with van der Waals surface area (Å²) in [5.41, 5.74) is 10.1. The average molecular weight is 301 g/mol. The van der Waals surface area contributed by atoms with E-state index in [1.807, 2.05) is 27.0 Å². The Morgan fingerprint density at radius 1 is 1.23 bits per heavy atom. The SMILES string of the molecule is CC.COc1ncc(N2CCc3ncnc(N)c3C2)cc1C. The van der Waals surface area contributed by atoms with Gasteiger partial charge in [0.15, 0.2) is 0 Å². The average Bonchev–Trinajstić information content (AvgIpc) is 2.57. The summed E-state index contributed by atoms with van der Waals surface area (Å²) in [6.07, 6.45) is 4.23. The Kier molecular flexibility index (Phi) is 5.14. The largest absolute Gasteiger partial charge is 0.481 e. The van der Waals surface area contributed by atoms with Gasteiger partial charge in [-0.05, 0) is 13.0 Å². The number of methoxy groups -OCH3 is 1. The number of rotatable bonds is 2. The van der Waals surface area contributed by atoms with E-state index in [4.69, 9.17) is 10.5 Å². The summed E-state index contributed by atoms with van der Waals surface area (Å²) >= 11 is 0. The van der Waals surface area contributed by atoms with E-state index >= 15 is 0 Å². The van der Waals surface area contributed by atoms with E-state index in [-0.39, 0.29) is 0 Å². The molecule has 0 fully saturated rings. The molecular formula is C16H23N5O. The van der Waals surface area contributed by atoms with E-state index in [2.05, 4.69) is 25.9 Å². The molecular weight excluding hydrogens is 278 g/mol. The van der Waals surface area contributed by atoms with Crippen LogP contribution in [0.5, 0.6) is 5.88 Å². The highest BCUT2D eigenvalue weighted by molar-refractivity contribution is 5.53. The zero-order valence-electron chi connectivity index (χ0n) is 13.6. The maximum Gasteiger partial charge on any atom is 0.216 e. The predicted octanol–water partition coefficient (Wildman–Crippen LogP) is 2.36. The van der Waals surface area contributed by atoms with Gasteiger partial charge in [0.05, 0.1) is 24.7 Å². The number of nitrogen functional groups attached to an aromatic ring is 1. The number of hydrogen-bond donors (Lipinski definition) is 1. The number of ether oxygens (including phenoxy) is 1. The molecule has 1 aliphatic heterocycles. The molecule has 2 aromatic heterocycles. The lowest BCUT2D eigenvalue weighted by Gasteiger charge is -2.30. The molecule has 3 heterocycles. The van der Waals surface area contributed by atoms with Crippen molar-refractivity contribution in [3.05, 3.63) is 35.4 Å². The van der Waals surface area contributed by atoms with Gasteiger partial charge in [-0.2, -0.15) is 0 Å². The molecule has 6 heteroatoms. The summed E-state index contributed by atoms with van der Waals surface area (Å²) in [5.74, 6) is 1.23. The van der Waals surface area contributed by atoms with E-state index in [9.17, 15) is 0 Å². The van der Waals surface area contributed by atoms with Crippen molar-refractivity contribution < 1.29 is 4.74 Å². The summed E-state index contributed by atoms with van der Waals surface area (Å²) < 4.78 is 5.19. The zero-order chi connectivity index (χ0) is 16.1. The maximum absolute atomic E-state index is 5.94. The minimum absolute atomic E-state index is 0.567. The molecule has 6 nitrogen and oxygen atoms in total. The molecule has 0 atom stereocenters. The number of pyridine rings is 1. The van der Waals surface area contributed by atoms with Crippen LogP contribution >= 0.6 is 0 Å². The topological polar surface area (TPSA) is 77.2 Å². The highest BCUT2D eigenvalue weighted by atomic mass is 16.5. The Morgan fingerprint density at radius 2 is 2.00 bits per heavy atom. The van der Waals surface area contributed by atoms with Gasteiger partial charge in [0.1, 0.15) is 12.1 Å². The first-order valence-corrected chi connectivity index (χ1v) is 7.53. The van der Waals surface area contributed by atoms with Gasteiger partial charge in [-0.15, -0.1) is 0 Å². The Labute approximate surface area is 131 Å². The Balaban J connectivity index is 0.000000847. The fraction of sp³-hybridized carbons (Fsp3) is 0.438. The van der Waals surface area contributed by atoms with Crippen LogP contribution in [0.4, 0.5) is 11.5 Å². The van der Waals surface area contributed by atoms with Gasteiger partial charge in [-0.1, -0.05) is 13.8 Å². The first-order chi connectivity index (χ1) is 10.7. The van der Waals surface area contributed by atoms with Crippen LogP contribution in [0.1, 0.15) is 30.7 Å². The van der Waals surface area contributed by atoms with E-state index < -0.39 is 0 Å². The van der Waals surface area contributed by atoms with Crippen molar-refractivity contribution in [3.63, 3.8) is 0 Å². The van der Waals surface area contributed by atoms with Crippen molar-refractivity contribution >= 4 is 11.5 Å². The number of fused-ring (bicyclic) bond motifs is 1. The van der Waals surface area contributed by atoms with Crippen LogP contribution in [0.2, 0.25) is 0 Å². The van der Waals surface area contributed by atoms with Gasteiger partial charge in [-0.3, -0.25) is 0 Å². The molecule has 118 valence electrons. The van der Waals surface area contributed by atoms with Crippen molar-refractivity contribution in [3.8, 4) is 5.88 Å². The molecule has 0 aliphatic carbocycles. The molecule has 0 unspecified atom stereocenters. The third-order valence-electron chi connectivity index (χ3n) is 3.61. The van der Waals surface area contributed by atoms with Gasteiger partial charge in [0.2, 0.25) is 5.88 Å². The third kappa shape index (κ3) is 3.10. The van der Waals surface area contributed by atoms with Gasteiger partial charge >= 0.3 is 0 Å². The van der Waals surface area contributed by atoms with E-state index in [0.717, 1.165) is 42.0 Å². The number of nitrogens with two attached hydrogens (primary N) is 1. The zero-order valence-corrected chi connectivity index (χ0v) is 13.6. The second-order valence-corrected chi connectivity index (χ2v) is 4.88. The van der Waals surface area contributed by atoms with Crippen molar-refractivity contribution in [2.24, 2.45) is 0 Å². The molecule has 0 amide bonds. The van der Waals surface area contributed by atoms with Gasteiger partial charge in [0, 0.05) is 30.6 Å². The lowest BCUT2D eigenvalue weighted by atomic mass is 10.1. The third-order valence-corrected chi connectivity index (χ3v) is 3.61. The van der Waals surface area contributed by atoms with Crippen LogP contribution in [0, 0.1) is 6.92 Å². The Bertz CT molecular complexity index is 644. The number of hydrogen-bond acceptors (Lipinski definition) is 6. The Morgan fingerprint density at radius 3 is 2.68 bits per heavy atom. The Hall–Kier alpha value is -2.37. The lowest BCUT2D eigenvalue weighted by molar-refractivity contribution is 0.394. The monoisotopic (exact) mass is 301 g/mol. The van der Waals surface area contributed by atoms with Crippen molar-refractivity contribution in [1.82, 2.24) is 15.0 Å². The van der Waals surface area contributed by atoms with Crippen LogP contribution in [0.25, 0.3) is 0 Å². The normalized spacial score (nSPS) is 13.0. The summed E-state index contributed by atoms with van der Waals surface area (Å²) in [7, 11) is 1.63. The summed E-state index contributed by atoms with van der Waals surface area (Å²) in [6.45, 7) is 7.61. The molecule has 0 radical (unpaired) electrons. The summed E-state index contributed by atoms with van der Waals surface area (Å²) in [6, 6.07) is 2.08. The molecule has 1 aliphatic rings. The van der Waals surface area contributed by atoms with Crippen LogP contribution in [0.3, 0.4) is 0 Å². The second-order valence-electron chi connectivity index (χ2n) is 4.88. The first-order valence-electron chi connectivity index (χ1n) is 7.53. The molecule has 2 N–H and O–H groups in total. The van der Waals surface area contributed by atoms with Gasteiger partial charge in [0.25, 0.3) is 0 Å². The molecule has 22 heavy (non-hydrogen) atoms. The predicted molar refractivity (Wildman–Crippen MR) is 88.1 cm³/mol. The van der Waals surface area contributed by atoms with Crippen LogP contribution < -0.4 is 15.4 Å². The number of nitrogens with zero attached hydrogens (tertiary/aromatic N) is 4. The van der Waals surface area contributed by atoms with Gasteiger partial charge in [-0.25, -0.2) is 15.0 Å². The van der Waals surface area contributed by atoms with E-state index in [1.54, 1.807) is 7.11 Å². The van der Waals surface area contributed by atoms with Crippen molar-refractivity contribution in [2.45, 2.75) is 33.7 Å². The summed E-state index contributed by atoms with van der Waals surface area (Å²) in [4.78, 5) is 14.9. The molecule has 0 bridgehead atoms. The van der Waals surface area contributed by atoms with E-state index in [1.165, 1.54) is 6.33 Å². The highest BCUT2D eigenvalue weighted by Crippen LogP contribution is 2.27. The van der Waals surface area contributed by atoms with E-state index in [0.29, 0.717) is 11.7 Å². The van der Waals surface area contributed by atoms with Crippen LogP contribution in [0.15, 0.2) is 18.6 Å². The molecule has 0 saturated carbocycles. The molecule has 0 saturated heterocycles. The smallest absolute Gasteiger partial charge is 0.216 e. The molecule has 2 aromatic rings. The van der Waals surface area contributed by atoms with Gasteiger partial charge < -0.3 is 15.4 Å². The minimum Gasteiger partial charge on any atom is -0.481 e. The fourth-order valence-corrected chi connectivity index (χ4v) is 2.52. The van der Waals surface area contributed by atoms with Crippen LogP contribution in [-0.4, -0.2) is 28.6 Å². The molecule has 0 aromatic carbocycles. The fourth-order valence-electron chi connectivity index (χ4n) is 2.52. The molecule has 0 spiro atoms. The minimum atomic E-state index is 0.567. The lowest BCUT2D eigenvalue weighted by Crippen LogP contribution is -2.32. The van der Waals surface area contributed by atoms with Crippen molar-refractivity contribution in [1.29, 1.82) is 0 Å². The standard InChI is InChI=1S/C14H17N5O.C2H6/c1-9-5-10(6-16-14(9)20-2)19-4-3-12-11(7-19)13(15)18-8-17-12;1-2/h5-6,8H,3-4,7H2,1-2H3,(H2,15,17,18);1-2H3. The van der Waals surface area contributed by atoms with Crippen molar-refractivity contribution in [2.75, 3.05) is 24.3 Å². The second kappa shape index (κ2) is 7.06. The first kappa shape index (κ1) is 16.0. The quantitative estimate of drug-likeness (QED) is 0.917. The number of anilines is 2. The highest BCUT2D eigenvalue weighted by Gasteiger charge is 2.20. The summed E-state index contributed by atoms with van der Waals surface area (Å²) in [5, 5.41) is 0. The molecule has 3 rings (SSSR count). The number of aryl methyl sites for hydroxylation is 1. The van der Waals surface area contributed by atoms with Crippen LogP contribution in [-0.2, 0) is 13.0 Å². The number of aromatic nitrogens is 3. The maximum atomic E-state index is 5.94.